The van der Waals surface area contributed by atoms with Crippen molar-refractivity contribution in [3.63, 3.8) is 0 Å². The Kier molecular flexibility index (Phi) is 32.2. The fourth-order valence-corrected chi connectivity index (χ4v) is 3.71. The van der Waals surface area contributed by atoms with Crippen molar-refractivity contribution in [1.82, 2.24) is 16.0 Å². The number of hydrogen-bond donors (Lipinski definition) is 3. The monoisotopic (exact) mass is 693 g/mol. The number of carbonyl (C=O) groups excluding carboxylic acids is 3. The number of hydrogen-bond acceptors (Lipinski definition) is 11. The van der Waals surface area contributed by atoms with E-state index >= 15 is 0 Å². The van der Waals surface area contributed by atoms with Crippen LogP contribution in [0, 0.1) is 5.41 Å². The van der Waals surface area contributed by atoms with Crippen molar-refractivity contribution in [3.05, 3.63) is 0 Å². The van der Waals surface area contributed by atoms with Gasteiger partial charge in [-0.3, -0.25) is 14.4 Å². The molecule has 0 aliphatic carbocycles. The Balaban J connectivity index is 4.19. The third-order valence-electron chi connectivity index (χ3n) is 6.37. The van der Waals surface area contributed by atoms with Crippen LogP contribution in [0.2, 0.25) is 0 Å². The van der Waals surface area contributed by atoms with Gasteiger partial charge < -0.3 is 53.8 Å². The van der Waals surface area contributed by atoms with Crippen LogP contribution in [0.25, 0.3) is 0 Å². The molecule has 284 valence electrons. The van der Waals surface area contributed by atoms with Gasteiger partial charge in [-0.1, -0.05) is 34.6 Å². The second-order valence-electron chi connectivity index (χ2n) is 12.3. The molecule has 14 heteroatoms. The molecular weight excluding hydrogens is 626 g/mol. The molecule has 0 rings (SSSR count). The van der Waals surface area contributed by atoms with E-state index in [1.165, 1.54) is 0 Å². The molecule has 0 aromatic rings. The van der Waals surface area contributed by atoms with Gasteiger partial charge in [-0.25, -0.2) is 0 Å². The zero-order valence-electron chi connectivity index (χ0n) is 30.5. The van der Waals surface area contributed by atoms with Gasteiger partial charge in [0.05, 0.1) is 91.9 Å². The molecule has 0 radical (unpaired) electrons. The summed E-state index contributed by atoms with van der Waals surface area (Å²) in [5.74, 6) is -0.493. The lowest BCUT2D eigenvalue weighted by Crippen LogP contribution is -2.42. The Morgan fingerprint density at radius 1 is 0.479 bits per heavy atom. The third-order valence-corrected chi connectivity index (χ3v) is 6.37. The van der Waals surface area contributed by atoms with Gasteiger partial charge in [-0.2, -0.15) is 0 Å². The minimum Gasteiger partial charge on any atom is -0.380 e. The fourth-order valence-electron chi connectivity index (χ4n) is 3.71. The first-order valence-electron chi connectivity index (χ1n) is 17.6. The highest BCUT2D eigenvalue weighted by molar-refractivity contribution is 5.76. The minimum atomic E-state index is -0.458. The Labute approximate surface area is 289 Å². The average Bonchev–Trinajstić information content (AvgIpc) is 3.04. The highest BCUT2D eigenvalue weighted by Crippen LogP contribution is 2.17. The summed E-state index contributed by atoms with van der Waals surface area (Å²) >= 11 is 0. The quantitative estimate of drug-likeness (QED) is 0.0836. The molecule has 0 aromatic carbocycles. The largest absolute Gasteiger partial charge is 0.380 e. The average molecular weight is 694 g/mol. The van der Waals surface area contributed by atoms with E-state index in [-0.39, 0.29) is 75.4 Å². The molecule has 0 heterocycles. The highest BCUT2D eigenvalue weighted by Gasteiger charge is 2.14. The Bertz CT molecular complexity index is 735. The Morgan fingerprint density at radius 2 is 0.854 bits per heavy atom. The summed E-state index contributed by atoms with van der Waals surface area (Å²) in [6.07, 6.45) is 3.39. The van der Waals surface area contributed by atoms with E-state index in [2.05, 4.69) is 36.7 Å². The van der Waals surface area contributed by atoms with Crippen LogP contribution in [0.1, 0.15) is 73.1 Å². The van der Waals surface area contributed by atoms with Gasteiger partial charge in [0.2, 0.25) is 17.7 Å². The van der Waals surface area contributed by atoms with Gasteiger partial charge in [0.1, 0.15) is 0 Å². The maximum absolute atomic E-state index is 12.6. The predicted octanol–water partition coefficient (Wildman–Crippen LogP) is 2.26. The van der Waals surface area contributed by atoms with Crippen molar-refractivity contribution in [2.75, 3.05) is 119 Å². The van der Waals surface area contributed by atoms with E-state index < -0.39 is 6.04 Å². The molecule has 3 N–H and O–H groups in total. The van der Waals surface area contributed by atoms with Crippen LogP contribution < -0.4 is 16.0 Å². The van der Waals surface area contributed by atoms with Gasteiger partial charge in [-0.15, -0.1) is 0 Å². The van der Waals surface area contributed by atoms with Crippen LogP contribution in [0.4, 0.5) is 0 Å². The summed E-state index contributed by atoms with van der Waals surface area (Å²) < 4.78 is 44.1. The molecule has 0 saturated carbocycles. The van der Waals surface area contributed by atoms with Crippen molar-refractivity contribution in [2.45, 2.75) is 79.2 Å². The standard InChI is InChI=1S/C34H67N3O11/c1-6-14-41-20-12-35-31(38)8-17-47-28-30(29-48-18-9-32(39)36-13-21-42-15-7-2)37-33(40)10-16-43-22-24-45-26-27-46-25-23-44-19-11-34(3,4)5/h30H,6-29H2,1-5H3,(H,35,38)(H,36,39)(H,37,40). The van der Waals surface area contributed by atoms with Crippen LogP contribution in [0.5, 0.6) is 0 Å². The van der Waals surface area contributed by atoms with Gasteiger partial charge in [-0.05, 0) is 24.7 Å². The summed E-state index contributed by atoms with van der Waals surface area (Å²) in [5.41, 5.74) is 0.267. The van der Waals surface area contributed by atoms with Crippen LogP contribution in [-0.2, 0) is 52.3 Å². The summed E-state index contributed by atoms with van der Waals surface area (Å²) in [6.45, 7) is 18.2. The molecule has 0 aliphatic heterocycles. The summed E-state index contributed by atoms with van der Waals surface area (Å²) in [7, 11) is 0. The van der Waals surface area contributed by atoms with E-state index in [1.54, 1.807) is 0 Å². The number of nitrogens with one attached hydrogen (secondary N) is 3. The molecule has 0 saturated heterocycles. The maximum atomic E-state index is 12.6. The predicted molar refractivity (Wildman–Crippen MR) is 183 cm³/mol. The summed E-state index contributed by atoms with van der Waals surface area (Å²) in [6, 6.07) is -0.458. The molecule has 0 unspecified atom stereocenters. The minimum absolute atomic E-state index is 0.136. The van der Waals surface area contributed by atoms with Crippen molar-refractivity contribution < 1.29 is 52.3 Å². The molecule has 14 nitrogen and oxygen atoms in total. The SMILES string of the molecule is CCCOCCNC(=O)CCOCC(COCCC(=O)NCCOCCC)NC(=O)CCOCCOCCOCCOCCC(C)(C)C. The summed E-state index contributed by atoms with van der Waals surface area (Å²) in [4.78, 5) is 36.6. The van der Waals surface area contributed by atoms with E-state index in [0.29, 0.717) is 79.2 Å². The number of rotatable bonds is 35. The van der Waals surface area contributed by atoms with Crippen molar-refractivity contribution in [1.29, 1.82) is 0 Å². The van der Waals surface area contributed by atoms with Gasteiger partial charge >= 0.3 is 0 Å². The van der Waals surface area contributed by atoms with E-state index in [4.69, 9.17) is 37.9 Å². The molecule has 0 bridgehead atoms. The smallest absolute Gasteiger partial charge is 0.222 e. The van der Waals surface area contributed by atoms with Crippen molar-refractivity contribution >= 4 is 17.7 Å². The Morgan fingerprint density at radius 3 is 1.29 bits per heavy atom. The highest BCUT2D eigenvalue weighted by atomic mass is 16.6. The van der Waals surface area contributed by atoms with E-state index in [1.807, 2.05) is 13.8 Å². The van der Waals surface area contributed by atoms with Crippen molar-refractivity contribution in [2.24, 2.45) is 5.41 Å². The lowest BCUT2D eigenvalue weighted by molar-refractivity contribution is -0.126. The zero-order chi connectivity index (χ0) is 35.6. The van der Waals surface area contributed by atoms with E-state index in [9.17, 15) is 14.4 Å². The lowest BCUT2D eigenvalue weighted by Gasteiger charge is -2.19. The molecule has 0 fully saturated rings. The number of ether oxygens (including phenoxy) is 8. The molecule has 0 spiro atoms. The first-order valence-corrected chi connectivity index (χ1v) is 17.6. The molecule has 0 aromatic heterocycles. The van der Waals surface area contributed by atoms with E-state index in [0.717, 1.165) is 25.9 Å². The molecular formula is C34H67N3O11. The van der Waals surface area contributed by atoms with Crippen LogP contribution in [-0.4, -0.2) is 143 Å². The first-order chi connectivity index (χ1) is 23.2. The third kappa shape index (κ3) is 35.4. The van der Waals surface area contributed by atoms with Gasteiger partial charge in [0.15, 0.2) is 0 Å². The Hall–Kier alpha value is -1.91. The second-order valence-corrected chi connectivity index (χ2v) is 12.3. The lowest BCUT2D eigenvalue weighted by atomic mass is 9.93. The molecule has 48 heavy (non-hydrogen) atoms. The molecule has 0 atom stereocenters. The van der Waals surface area contributed by atoms with Crippen LogP contribution in [0.15, 0.2) is 0 Å². The normalized spacial score (nSPS) is 11.6. The first kappa shape index (κ1) is 46.1. The number of carbonyl (C=O) groups is 3. The maximum Gasteiger partial charge on any atom is 0.222 e. The fraction of sp³-hybridized carbons (Fsp3) is 0.912. The van der Waals surface area contributed by atoms with Crippen LogP contribution >= 0.6 is 0 Å². The second kappa shape index (κ2) is 33.6. The van der Waals surface area contributed by atoms with Gasteiger partial charge in [0, 0.05) is 52.2 Å². The topological polar surface area (TPSA) is 161 Å². The number of amides is 3. The molecule has 0 aliphatic rings. The summed E-state index contributed by atoms with van der Waals surface area (Å²) in [5, 5.41) is 8.46. The zero-order valence-corrected chi connectivity index (χ0v) is 30.5. The van der Waals surface area contributed by atoms with Crippen molar-refractivity contribution in [3.8, 4) is 0 Å². The van der Waals surface area contributed by atoms with Gasteiger partial charge in [0.25, 0.3) is 0 Å². The molecule has 3 amide bonds. The van der Waals surface area contributed by atoms with Crippen LogP contribution in [0.3, 0.4) is 0 Å².